The highest BCUT2D eigenvalue weighted by atomic mass is 16.5. The Labute approximate surface area is 92.9 Å². The van der Waals surface area contributed by atoms with Gasteiger partial charge in [0.05, 0.1) is 0 Å². The third kappa shape index (κ3) is 6.28. The molecule has 0 aromatic heterocycles. The minimum absolute atomic E-state index is 0.0784. The van der Waals surface area contributed by atoms with Gasteiger partial charge in [0.2, 0.25) is 0 Å². The number of nitrogens with one attached hydrogen (secondary N) is 1. The molecule has 88 valence electrons. The normalized spacial score (nSPS) is 13.4. The monoisotopic (exact) mass is 213 g/mol. The summed E-state index contributed by atoms with van der Waals surface area (Å²) in [4.78, 5) is 11.1. The van der Waals surface area contributed by atoms with E-state index in [9.17, 15) is 4.79 Å². The van der Waals surface area contributed by atoms with Crippen molar-refractivity contribution in [2.75, 3.05) is 6.61 Å². The minimum Gasteiger partial charge on any atom is -0.461 e. The van der Waals surface area contributed by atoms with Crippen molar-refractivity contribution in [1.82, 2.24) is 5.32 Å². The summed E-state index contributed by atoms with van der Waals surface area (Å²) in [7, 11) is 0. The summed E-state index contributed by atoms with van der Waals surface area (Å²) in [5.74, 6) is -0.321. The average Bonchev–Trinajstić information content (AvgIpc) is 2.13. The Morgan fingerprint density at radius 2 is 2.07 bits per heavy atom. The zero-order chi connectivity index (χ0) is 12.1. The molecule has 0 saturated carbocycles. The first-order valence-electron chi connectivity index (χ1n) is 5.39. The first-order chi connectivity index (χ1) is 6.78. The van der Waals surface area contributed by atoms with Crippen LogP contribution in [0.3, 0.4) is 0 Å². The van der Waals surface area contributed by atoms with E-state index in [-0.39, 0.29) is 17.6 Å². The Balaban J connectivity index is 3.90. The lowest BCUT2D eigenvalue weighted by atomic mass is 10.0. The van der Waals surface area contributed by atoms with Crippen molar-refractivity contribution in [3.8, 4) is 0 Å². The second-order valence-corrected chi connectivity index (χ2v) is 4.66. The van der Waals surface area contributed by atoms with Crippen LogP contribution in [0.5, 0.6) is 0 Å². The van der Waals surface area contributed by atoms with E-state index in [0.717, 1.165) is 6.42 Å². The van der Waals surface area contributed by atoms with Crippen molar-refractivity contribution in [1.29, 1.82) is 0 Å². The highest BCUT2D eigenvalue weighted by molar-refractivity contribution is 5.86. The fourth-order valence-corrected chi connectivity index (χ4v) is 1.13. The molecule has 0 amide bonds. The van der Waals surface area contributed by atoms with Crippen molar-refractivity contribution in [2.45, 2.75) is 52.6 Å². The topological polar surface area (TPSA) is 38.3 Å². The van der Waals surface area contributed by atoms with Crippen LogP contribution in [0.2, 0.25) is 0 Å². The predicted octanol–water partition coefficient (Wildman–Crippen LogP) is 2.27. The SMILES string of the molecule is C=C(C)C(=O)OCC(C)NC(C)(C)CC. The maximum atomic E-state index is 11.1. The Morgan fingerprint density at radius 1 is 1.53 bits per heavy atom. The summed E-state index contributed by atoms with van der Waals surface area (Å²) in [6.07, 6.45) is 1.03. The van der Waals surface area contributed by atoms with Crippen LogP contribution in [-0.4, -0.2) is 24.2 Å². The number of hydrogen-bond donors (Lipinski definition) is 1. The molecule has 3 nitrogen and oxygen atoms in total. The summed E-state index contributed by atoms with van der Waals surface area (Å²) < 4.78 is 5.05. The highest BCUT2D eigenvalue weighted by Crippen LogP contribution is 2.08. The smallest absolute Gasteiger partial charge is 0.333 e. The van der Waals surface area contributed by atoms with Crippen LogP contribution in [0.15, 0.2) is 12.2 Å². The molecule has 1 N–H and O–H groups in total. The highest BCUT2D eigenvalue weighted by Gasteiger charge is 2.18. The fourth-order valence-electron chi connectivity index (χ4n) is 1.13. The molecule has 15 heavy (non-hydrogen) atoms. The van der Waals surface area contributed by atoms with Crippen LogP contribution in [0.25, 0.3) is 0 Å². The van der Waals surface area contributed by atoms with E-state index < -0.39 is 0 Å². The minimum atomic E-state index is -0.321. The van der Waals surface area contributed by atoms with Crippen molar-refractivity contribution >= 4 is 5.97 Å². The Kier molecular flexibility index (Phi) is 5.58. The molecule has 0 aromatic rings. The van der Waals surface area contributed by atoms with Gasteiger partial charge < -0.3 is 10.1 Å². The molecule has 0 aliphatic heterocycles. The maximum Gasteiger partial charge on any atom is 0.333 e. The average molecular weight is 213 g/mol. The van der Waals surface area contributed by atoms with Gasteiger partial charge in [-0.15, -0.1) is 0 Å². The molecule has 0 aliphatic carbocycles. The fraction of sp³-hybridized carbons (Fsp3) is 0.750. The molecule has 0 fully saturated rings. The van der Waals surface area contributed by atoms with Gasteiger partial charge >= 0.3 is 5.97 Å². The quantitative estimate of drug-likeness (QED) is 0.543. The van der Waals surface area contributed by atoms with Gasteiger partial charge in [0.15, 0.2) is 0 Å². The summed E-state index contributed by atoms with van der Waals surface area (Å²) in [6.45, 7) is 13.9. The van der Waals surface area contributed by atoms with Crippen LogP contribution < -0.4 is 5.32 Å². The molecule has 0 aliphatic rings. The van der Waals surface area contributed by atoms with Crippen LogP contribution in [-0.2, 0) is 9.53 Å². The van der Waals surface area contributed by atoms with E-state index in [1.54, 1.807) is 6.92 Å². The van der Waals surface area contributed by atoms with Crippen molar-refractivity contribution in [2.24, 2.45) is 0 Å². The summed E-state index contributed by atoms with van der Waals surface area (Å²) >= 11 is 0. The molecule has 0 bridgehead atoms. The van der Waals surface area contributed by atoms with E-state index >= 15 is 0 Å². The first kappa shape index (κ1) is 14.2. The number of carbonyl (C=O) groups is 1. The van der Waals surface area contributed by atoms with Gasteiger partial charge in [-0.1, -0.05) is 13.5 Å². The largest absolute Gasteiger partial charge is 0.461 e. The molecule has 0 saturated heterocycles. The van der Waals surface area contributed by atoms with E-state index in [1.165, 1.54) is 0 Å². The van der Waals surface area contributed by atoms with Gasteiger partial charge in [-0.25, -0.2) is 4.79 Å². The molecular weight excluding hydrogens is 190 g/mol. The van der Waals surface area contributed by atoms with Gasteiger partial charge in [-0.05, 0) is 34.1 Å². The molecule has 0 radical (unpaired) electrons. The number of hydrogen-bond acceptors (Lipinski definition) is 3. The Bertz CT molecular complexity index is 234. The van der Waals surface area contributed by atoms with Gasteiger partial charge in [0, 0.05) is 17.2 Å². The predicted molar refractivity (Wildman–Crippen MR) is 62.7 cm³/mol. The molecular formula is C12H23NO2. The zero-order valence-electron chi connectivity index (χ0n) is 10.5. The Morgan fingerprint density at radius 3 is 2.47 bits per heavy atom. The lowest BCUT2D eigenvalue weighted by molar-refractivity contribution is -0.139. The second kappa shape index (κ2) is 5.91. The summed E-state index contributed by atoms with van der Waals surface area (Å²) in [5, 5.41) is 3.39. The van der Waals surface area contributed by atoms with Gasteiger partial charge in [-0.2, -0.15) is 0 Å². The summed E-state index contributed by atoms with van der Waals surface area (Å²) in [5.41, 5.74) is 0.520. The summed E-state index contributed by atoms with van der Waals surface area (Å²) in [6, 6.07) is 0.156. The van der Waals surface area contributed by atoms with Crippen LogP contribution in [0, 0.1) is 0 Å². The van der Waals surface area contributed by atoms with Crippen LogP contribution in [0.4, 0.5) is 0 Å². The van der Waals surface area contributed by atoms with Gasteiger partial charge in [-0.3, -0.25) is 0 Å². The molecule has 0 aromatic carbocycles. The first-order valence-corrected chi connectivity index (χ1v) is 5.39. The van der Waals surface area contributed by atoms with Crippen molar-refractivity contribution < 1.29 is 9.53 Å². The number of esters is 1. The van der Waals surface area contributed by atoms with Crippen molar-refractivity contribution in [3.05, 3.63) is 12.2 Å². The van der Waals surface area contributed by atoms with E-state index in [0.29, 0.717) is 12.2 Å². The number of ether oxygens (including phenoxy) is 1. The molecule has 3 heteroatoms. The molecule has 0 spiro atoms. The van der Waals surface area contributed by atoms with E-state index in [4.69, 9.17) is 4.74 Å². The van der Waals surface area contributed by atoms with Crippen LogP contribution >= 0.6 is 0 Å². The van der Waals surface area contributed by atoms with Crippen molar-refractivity contribution in [3.63, 3.8) is 0 Å². The zero-order valence-corrected chi connectivity index (χ0v) is 10.5. The molecule has 1 atom stereocenters. The number of carbonyl (C=O) groups excluding carboxylic acids is 1. The van der Waals surface area contributed by atoms with Gasteiger partial charge in [0.1, 0.15) is 6.61 Å². The molecule has 0 heterocycles. The second-order valence-electron chi connectivity index (χ2n) is 4.66. The lowest BCUT2D eigenvalue weighted by Crippen LogP contribution is -2.46. The standard InChI is InChI=1S/C12H23NO2/c1-7-12(5,6)13-10(4)8-15-11(14)9(2)3/h10,13H,2,7-8H2,1,3-6H3. The lowest BCUT2D eigenvalue weighted by Gasteiger charge is -2.28. The third-order valence-corrected chi connectivity index (χ3v) is 2.33. The molecule has 1 unspecified atom stereocenters. The van der Waals surface area contributed by atoms with Gasteiger partial charge in [0.25, 0.3) is 0 Å². The van der Waals surface area contributed by atoms with E-state index in [1.807, 2.05) is 6.92 Å². The molecule has 0 rings (SSSR count). The van der Waals surface area contributed by atoms with E-state index in [2.05, 4.69) is 32.7 Å². The number of rotatable bonds is 6. The maximum absolute atomic E-state index is 11.1. The Hall–Kier alpha value is -0.830. The third-order valence-electron chi connectivity index (χ3n) is 2.33. The van der Waals surface area contributed by atoms with Crippen LogP contribution in [0.1, 0.15) is 41.0 Å².